The van der Waals surface area contributed by atoms with Gasteiger partial charge in [-0.3, -0.25) is 0 Å². The van der Waals surface area contributed by atoms with E-state index in [-0.39, 0.29) is 20.1 Å². The van der Waals surface area contributed by atoms with Gasteiger partial charge in [0.15, 0.2) is 38.2 Å². The number of thiophene rings is 4. The summed E-state index contributed by atoms with van der Waals surface area (Å²) in [6, 6.07) is 114. The number of rotatable bonds is 15. The standard InChI is InChI=1S/C41H35N2S.C32H25N2S.C29H19N2S.C23H23N2S.Ir/c1-25(2)30-17-11-18-31(26(3)4)38(30)35-23-29-24-43-22-21-34(40-39(43)36(29)41(42-35)44-40)37-32(27-13-7-5-8-14-27)19-12-20-33(37)28-15-9-6-10-16-28;1-19-13-20(2)16-23(15-19)25-7-5-8-26(24-17-21(3)14-22(4)18-24)30(25)28-11-10-27-31-29(9-6-12-33-31)35-32(27)34-28;1-3-8-19(9-4-1)22-12-7-13-23(20-10-5-2-6-11-20)26(22)24-15-17-31-18-21-14-16-30-29-25(21)27(31)28(24)32-29;1-13(2)16-6-5-7-17(14(3)4)20(16)18-9-11-25-12-15-8-10-24-23-19(15)21(25)22(18)26-23;/h5-23,25-26H,24H2,1-4H3;5-9,11-18H,1-4H3;1-17H,18H2;5-11,13-14H,12H2,1-4H3;/q+1;-1;2*+1;. The van der Waals surface area contributed by atoms with Gasteiger partial charge in [0.1, 0.15) is 28.6 Å². The minimum absolute atomic E-state index is 0. The number of hydrogen-bond donors (Lipinski definition) is 0. The van der Waals surface area contributed by atoms with Crippen LogP contribution in [0.5, 0.6) is 0 Å². The molecule has 26 rings (SSSR count). The van der Waals surface area contributed by atoms with Crippen molar-refractivity contribution in [2.45, 2.75) is 126 Å². The smallest absolute Gasteiger partial charge is 0.234 e. The zero-order valence-electron chi connectivity index (χ0n) is 79.3. The van der Waals surface area contributed by atoms with Crippen LogP contribution in [0, 0.1) is 33.8 Å². The van der Waals surface area contributed by atoms with E-state index in [1.165, 1.54) is 219 Å². The molecule has 15 heterocycles. The van der Waals surface area contributed by atoms with Gasteiger partial charge in [0.05, 0.1) is 21.9 Å². The van der Waals surface area contributed by atoms with E-state index in [1.54, 1.807) is 11.3 Å². The first-order valence-electron chi connectivity index (χ1n) is 47.7. The summed E-state index contributed by atoms with van der Waals surface area (Å²) in [6.45, 7) is 29.8. The first-order chi connectivity index (χ1) is 66.9. The van der Waals surface area contributed by atoms with Crippen LogP contribution in [0.1, 0.15) is 140 Å². The molecule has 1 radical (unpaired) electrons. The van der Waals surface area contributed by atoms with Crippen LogP contribution < -0.4 is 13.7 Å². The van der Waals surface area contributed by atoms with Crippen molar-refractivity contribution in [3.8, 4) is 123 Å². The van der Waals surface area contributed by atoms with Crippen molar-refractivity contribution < 1.29 is 33.8 Å². The third-order valence-corrected chi connectivity index (χ3v) is 32.0. The SMILES string of the molecule is CC(C)c1cccc(C(C)C)c1-c1cc2c3c(n1)sc1c(-c4c(-c5ccccc5)cccc4-c4ccccc4)cc[n+](c13)C2.CC(C)c1cccc(C(C)C)c1-c1cc[n+]2c3c1sc1nccc(c13)C2.Cc1cc(C)cc(-c2cccc(-c3cc(C)cc(C)c3)c2-c2c[c-]c3c(n2)sc2cccnc23)c1.[Ir].c1ccc(-c2cccc(-c3ccccc3)c2-c2cc[n+]3c4c2sc2nccc(c24)C3)cc1. The van der Waals surface area contributed by atoms with Crippen molar-refractivity contribution >= 4 is 127 Å². The van der Waals surface area contributed by atoms with E-state index in [2.05, 4.69) is 423 Å². The number of benzene rings is 11. The summed E-state index contributed by atoms with van der Waals surface area (Å²) >= 11 is 7.19. The molecule has 0 unspecified atom stereocenters. The molecular weight excluding hydrogens is 1930 g/mol. The molecule has 673 valence electrons. The number of hydrogen-bond acceptors (Lipinski definition) is 9. The zero-order valence-corrected chi connectivity index (χ0v) is 85.0. The van der Waals surface area contributed by atoms with Crippen LogP contribution >= 0.6 is 45.3 Å². The average Bonchev–Trinajstić information content (AvgIpc) is 1.56. The number of fused-ring (bicyclic) bond motifs is 3. The maximum atomic E-state index is 5.46. The van der Waals surface area contributed by atoms with Crippen LogP contribution in [0.3, 0.4) is 0 Å². The minimum atomic E-state index is 0. The van der Waals surface area contributed by atoms with Gasteiger partial charge in [-0.25, -0.2) is 15.0 Å². The molecule has 0 amide bonds. The molecule has 13 heteroatoms. The fourth-order valence-electron chi connectivity index (χ4n) is 21.6. The molecule has 0 saturated heterocycles. The van der Waals surface area contributed by atoms with Crippen molar-refractivity contribution in [1.29, 1.82) is 0 Å². The second-order valence-corrected chi connectivity index (χ2v) is 42.1. The third-order valence-electron chi connectivity index (χ3n) is 27.6. The van der Waals surface area contributed by atoms with Gasteiger partial charge < -0.3 is 9.97 Å². The summed E-state index contributed by atoms with van der Waals surface area (Å²) in [5.41, 5.74) is 47.0. The predicted octanol–water partition coefficient (Wildman–Crippen LogP) is 33.0. The Balaban J connectivity index is 0.000000108. The van der Waals surface area contributed by atoms with E-state index in [0.29, 0.717) is 23.7 Å². The molecule has 12 aromatic heterocycles. The summed E-state index contributed by atoms with van der Waals surface area (Å²) in [4.78, 5) is 29.0. The largest absolute Gasteiger partial charge is 0.334 e. The molecule has 0 N–H and O–H groups in total. The molecule has 0 atom stereocenters. The van der Waals surface area contributed by atoms with Gasteiger partial charge in [-0.05, 0) is 193 Å². The van der Waals surface area contributed by atoms with Crippen LogP contribution in [0.4, 0.5) is 0 Å². The molecule has 3 aliphatic rings. The summed E-state index contributed by atoms with van der Waals surface area (Å²) in [6.07, 6.45) is 12.6. The summed E-state index contributed by atoms with van der Waals surface area (Å²) in [5.74, 6) is 1.85. The van der Waals surface area contributed by atoms with E-state index in [4.69, 9.17) is 15.0 Å². The van der Waals surface area contributed by atoms with Gasteiger partial charge in [0.25, 0.3) is 0 Å². The molecule has 0 bridgehead atoms. The Labute approximate surface area is 835 Å². The van der Waals surface area contributed by atoms with E-state index >= 15 is 0 Å². The van der Waals surface area contributed by atoms with Gasteiger partial charge in [0.2, 0.25) is 16.6 Å². The monoisotopic (exact) mass is 2040 g/mol. The van der Waals surface area contributed by atoms with Crippen LogP contribution in [0.2, 0.25) is 0 Å². The van der Waals surface area contributed by atoms with E-state index in [1.807, 2.05) is 64.7 Å². The van der Waals surface area contributed by atoms with Crippen LogP contribution in [0.15, 0.2) is 340 Å². The molecular formula is C125H102IrN8S4+2. The number of pyridine rings is 8. The van der Waals surface area contributed by atoms with Crippen molar-refractivity contribution in [1.82, 2.24) is 24.9 Å². The van der Waals surface area contributed by atoms with Gasteiger partial charge in [-0.2, -0.15) is 25.0 Å². The molecule has 138 heavy (non-hydrogen) atoms. The summed E-state index contributed by atoms with van der Waals surface area (Å²) < 4.78 is 12.4. The second kappa shape index (κ2) is 36.9. The Morgan fingerprint density at radius 2 is 0.638 bits per heavy atom. The van der Waals surface area contributed by atoms with Crippen LogP contribution in [-0.2, 0) is 39.7 Å². The third kappa shape index (κ3) is 16.0. The number of aromatic nitrogens is 8. The topological polar surface area (TPSA) is 76.1 Å². The van der Waals surface area contributed by atoms with Crippen LogP contribution in [0.25, 0.3) is 204 Å². The van der Waals surface area contributed by atoms with E-state index in [9.17, 15) is 0 Å². The zero-order chi connectivity index (χ0) is 93.1. The Morgan fingerprint density at radius 3 is 1.04 bits per heavy atom. The molecule has 0 spiro atoms. The number of nitrogens with zero attached hydrogens (tertiary/aromatic N) is 8. The molecule has 3 aliphatic heterocycles. The molecule has 8 nitrogen and oxygen atoms in total. The van der Waals surface area contributed by atoms with Crippen LogP contribution in [-0.4, -0.2) is 24.9 Å². The maximum Gasteiger partial charge on any atom is 0.234 e. The Bertz CT molecular complexity index is 8470. The quantitative estimate of drug-likeness (QED) is 0.0755. The fraction of sp³-hybridized carbons (Fsp3) is 0.152. The normalized spacial score (nSPS) is 12.2. The van der Waals surface area contributed by atoms with Crippen molar-refractivity contribution in [2.75, 3.05) is 0 Å². The summed E-state index contributed by atoms with van der Waals surface area (Å²) in [7, 11) is 0. The maximum absolute atomic E-state index is 5.46. The first-order valence-corrected chi connectivity index (χ1v) is 51.0. The molecule has 0 fully saturated rings. The predicted molar refractivity (Wildman–Crippen MR) is 578 cm³/mol. The number of aryl methyl sites for hydroxylation is 4. The van der Waals surface area contributed by atoms with Gasteiger partial charge in [0, 0.05) is 111 Å². The van der Waals surface area contributed by atoms with E-state index < -0.39 is 0 Å². The average molecular weight is 2040 g/mol. The van der Waals surface area contributed by atoms with Gasteiger partial charge in [-0.1, -0.05) is 338 Å². The summed E-state index contributed by atoms with van der Waals surface area (Å²) in [5, 5.41) is 5.00. The first kappa shape index (κ1) is 89.4. The van der Waals surface area contributed by atoms with Gasteiger partial charge in [-0.15, -0.1) is 46.1 Å². The van der Waals surface area contributed by atoms with Crippen molar-refractivity contribution in [2.24, 2.45) is 0 Å². The molecule has 0 saturated carbocycles. The Kier molecular flexibility index (Phi) is 23.9. The minimum Gasteiger partial charge on any atom is -0.334 e. The van der Waals surface area contributed by atoms with Crippen molar-refractivity contribution in [3.63, 3.8) is 0 Å². The van der Waals surface area contributed by atoms with E-state index in [0.717, 1.165) is 66.7 Å². The Morgan fingerprint density at radius 1 is 0.283 bits per heavy atom. The second-order valence-electron chi connectivity index (χ2n) is 38.1. The van der Waals surface area contributed by atoms with Gasteiger partial charge >= 0.3 is 0 Å². The molecule has 0 aliphatic carbocycles. The molecule has 11 aromatic carbocycles. The fourth-order valence-corrected chi connectivity index (χ4v) is 26.3. The molecule has 23 aromatic rings. The van der Waals surface area contributed by atoms with Crippen molar-refractivity contribution in [3.05, 3.63) is 408 Å². The Hall–Kier alpha value is -13.9.